The first-order valence-electron chi connectivity index (χ1n) is 4.18. The summed E-state index contributed by atoms with van der Waals surface area (Å²) in [6.45, 7) is 0.412. The third-order valence-corrected chi connectivity index (χ3v) is 2.02. The van der Waals surface area contributed by atoms with Crippen LogP contribution in [0.2, 0.25) is 0 Å². The first kappa shape index (κ1) is 10.8. The molecule has 1 aromatic rings. The molecule has 0 aliphatic rings. The van der Waals surface area contributed by atoms with Gasteiger partial charge in [0, 0.05) is 31.7 Å². The standard InChI is InChI=1S/C9H12N2O2S/c1-10-5-6-11(4-2-3-7-14)9(13)8(10)12/h2-3,5-6,14H,4,7H2,1H3. The molecule has 0 fully saturated rings. The van der Waals surface area contributed by atoms with E-state index in [1.807, 2.05) is 6.08 Å². The van der Waals surface area contributed by atoms with Crippen LogP contribution in [-0.2, 0) is 13.6 Å². The van der Waals surface area contributed by atoms with E-state index in [0.29, 0.717) is 12.3 Å². The fourth-order valence-corrected chi connectivity index (χ4v) is 1.15. The monoisotopic (exact) mass is 212 g/mol. The summed E-state index contributed by atoms with van der Waals surface area (Å²) in [5.41, 5.74) is -1.01. The molecule has 0 aromatic carbocycles. The molecule has 1 aromatic heterocycles. The average molecular weight is 212 g/mol. The van der Waals surface area contributed by atoms with Crippen molar-refractivity contribution in [1.82, 2.24) is 9.13 Å². The van der Waals surface area contributed by atoms with Crippen molar-refractivity contribution >= 4 is 12.6 Å². The van der Waals surface area contributed by atoms with Crippen LogP contribution in [0.4, 0.5) is 0 Å². The molecular weight excluding hydrogens is 200 g/mol. The normalized spacial score (nSPS) is 11.0. The van der Waals surface area contributed by atoms with Gasteiger partial charge in [-0.2, -0.15) is 12.6 Å². The number of hydrogen-bond acceptors (Lipinski definition) is 3. The Balaban J connectivity index is 3.01. The summed E-state index contributed by atoms with van der Waals surface area (Å²) in [5, 5.41) is 0. The summed E-state index contributed by atoms with van der Waals surface area (Å²) in [4.78, 5) is 22.6. The molecule has 0 saturated heterocycles. The molecule has 4 nitrogen and oxygen atoms in total. The molecule has 0 saturated carbocycles. The minimum Gasteiger partial charge on any atom is -0.312 e. The van der Waals surface area contributed by atoms with Gasteiger partial charge >= 0.3 is 11.1 Å². The van der Waals surface area contributed by atoms with Gasteiger partial charge < -0.3 is 9.13 Å². The molecule has 0 aliphatic carbocycles. The predicted molar refractivity (Wildman–Crippen MR) is 58.9 cm³/mol. The van der Waals surface area contributed by atoms with Gasteiger partial charge in [-0.1, -0.05) is 12.2 Å². The van der Waals surface area contributed by atoms with Gasteiger partial charge in [0.25, 0.3) is 0 Å². The second-order valence-electron chi connectivity index (χ2n) is 2.83. The molecule has 76 valence electrons. The van der Waals surface area contributed by atoms with Crippen molar-refractivity contribution in [2.24, 2.45) is 7.05 Å². The molecule has 0 aliphatic heterocycles. The maximum Gasteiger partial charge on any atom is 0.316 e. The zero-order valence-corrected chi connectivity index (χ0v) is 8.78. The Bertz CT molecular complexity index is 445. The summed E-state index contributed by atoms with van der Waals surface area (Å²) < 4.78 is 2.63. The lowest BCUT2D eigenvalue weighted by Crippen LogP contribution is -2.39. The number of nitrogens with zero attached hydrogens (tertiary/aromatic N) is 2. The van der Waals surface area contributed by atoms with Crippen LogP contribution in [0.1, 0.15) is 0 Å². The van der Waals surface area contributed by atoms with Crippen molar-refractivity contribution in [3.8, 4) is 0 Å². The van der Waals surface area contributed by atoms with Crippen molar-refractivity contribution in [3.05, 3.63) is 45.3 Å². The van der Waals surface area contributed by atoms with Crippen molar-refractivity contribution in [2.45, 2.75) is 6.54 Å². The van der Waals surface area contributed by atoms with Crippen molar-refractivity contribution in [2.75, 3.05) is 5.75 Å². The average Bonchev–Trinajstić information content (AvgIpc) is 2.18. The molecule has 0 N–H and O–H groups in total. The number of hydrogen-bond donors (Lipinski definition) is 1. The van der Waals surface area contributed by atoms with Crippen molar-refractivity contribution in [3.63, 3.8) is 0 Å². The minimum atomic E-state index is -0.508. The van der Waals surface area contributed by atoms with Gasteiger partial charge in [0.05, 0.1) is 0 Å². The Hall–Kier alpha value is -1.23. The summed E-state index contributed by atoms with van der Waals surface area (Å²) in [5.74, 6) is 0.625. The van der Waals surface area contributed by atoms with Crippen LogP contribution >= 0.6 is 12.6 Å². The van der Waals surface area contributed by atoms with Gasteiger partial charge in [0.15, 0.2) is 0 Å². The van der Waals surface area contributed by atoms with Crippen LogP contribution in [0, 0.1) is 0 Å². The van der Waals surface area contributed by atoms with E-state index < -0.39 is 11.1 Å². The molecule has 0 radical (unpaired) electrons. The topological polar surface area (TPSA) is 44.0 Å². The highest BCUT2D eigenvalue weighted by atomic mass is 32.1. The first-order chi connectivity index (χ1) is 6.66. The fourth-order valence-electron chi connectivity index (χ4n) is 0.996. The van der Waals surface area contributed by atoms with Crippen LogP contribution in [0.25, 0.3) is 0 Å². The third kappa shape index (κ3) is 2.38. The van der Waals surface area contributed by atoms with Crippen molar-refractivity contribution < 1.29 is 0 Å². The number of aromatic nitrogens is 2. The van der Waals surface area contributed by atoms with Gasteiger partial charge in [-0.25, -0.2) is 0 Å². The van der Waals surface area contributed by atoms with Gasteiger partial charge in [-0.05, 0) is 0 Å². The Labute approximate surface area is 86.9 Å². The van der Waals surface area contributed by atoms with Gasteiger partial charge in [0.1, 0.15) is 0 Å². The predicted octanol–water partition coefficient (Wildman–Crippen LogP) is 0.0330. The molecule has 5 heteroatoms. The maximum absolute atomic E-state index is 11.4. The van der Waals surface area contributed by atoms with Gasteiger partial charge in [-0.3, -0.25) is 9.59 Å². The SMILES string of the molecule is Cn1ccn(CC=CCS)c(=O)c1=O. The first-order valence-corrected chi connectivity index (χ1v) is 4.82. The lowest BCUT2D eigenvalue weighted by atomic mass is 10.5. The van der Waals surface area contributed by atoms with E-state index in [2.05, 4.69) is 12.6 Å². The summed E-state index contributed by atoms with van der Waals surface area (Å²) in [6.07, 6.45) is 6.78. The highest BCUT2D eigenvalue weighted by molar-refractivity contribution is 7.80. The second-order valence-corrected chi connectivity index (χ2v) is 3.19. The maximum atomic E-state index is 11.4. The van der Waals surface area contributed by atoms with Crippen LogP contribution in [0.3, 0.4) is 0 Å². The van der Waals surface area contributed by atoms with Crippen LogP contribution < -0.4 is 11.1 Å². The number of thiol groups is 1. The van der Waals surface area contributed by atoms with Gasteiger partial charge in [0.2, 0.25) is 0 Å². The molecule has 1 heterocycles. The quantitative estimate of drug-likeness (QED) is 0.436. The Morgan fingerprint density at radius 3 is 2.64 bits per heavy atom. The Morgan fingerprint density at radius 2 is 2.00 bits per heavy atom. The summed E-state index contributed by atoms with van der Waals surface area (Å²) >= 11 is 3.99. The second kappa shape index (κ2) is 4.85. The van der Waals surface area contributed by atoms with E-state index in [1.54, 1.807) is 25.5 Å². The van der Waals surface area contributed by atoms with Crippen LogP contribution in [0.5, 0.6) is 0 Å². The molecule has 0 amide bonds. The highest BCUT2D eigenvalue weighted by Gasteiger charge is 1.99. The van der Waals surface area contributed by atoms with Gasteiger partial charge in [-0.15, -0.1) is 0 Å². The molecule has 14 heavy (non-hydrogen) atoms. The highest BCUT2D eigenvalue weighted by Crippen LogP contribution is 1.83. The molecule has 1 rings (SSSR count). The fraction of sp³-hybridized carbons (Fsp3) is 0.333. The van der Waals surface area contributed by atoms with E-state index >= 15 is 0 Å². The summed E-state index contributed by atoms with van der Waals surface area (Å²) in [7, 11) is 1.55. The van der Waals surface area contributed by atoms with E-state index in [0.717, 1.165) is 0 Å². The lowest BCUT2D eigenvalue weighted by molar-refractivity contribution is 0.705. The molecule has 0 bridgehead atoms. The van der Waals surface area contributed by atoms with E-state index in [1.165, 1.54) is 9.13 Å². The Kier molecular flexibility index (Phi) is 3.76. The van der Waals surface area contributed by atoms with Crippen molar-refractivity contribution in [1.29, 1.82) is 0 Å². The smallest absolute Gasteiger partial charge is 0.312 e. The number of allylic oxidation sites excluding steroid dienone is 1. The zero-order chi connectivity index (χ0) is 10.6. The lowest BCUT2D eigenvalue weighted by Gasteiger charge is -2.01. The minimum absolute atomic E-state index is 0.412. The Morgan fingerprint density at radius 1 is 1.29 bits per heavy atom. The summed E-state index contributed by atoms with van der Waals surface area (Å²) in [6, 6.07) is 0. The zero-order valence-electron chi connectivity index (χ0n) is 7.88. The van der Waals surface area contributed by atoms with Crippen LogP contribution in [-0.4, -0.2) is 14.9 Å². The molecule has 0 spiro atoms. The van der Waals surface area contributed by atoms with E-state index in [-0.39, 0.29) is 0 Å². The number of rotatable bonds is 3. The molecule has 0 unspecified atom stereocenters. The largest absolute Gasteiger partial charge is 0.316 e. The van der Waals surface area contributed by atoms with E-state index in [9.17, 15) is 9.59 Å². The van der Waals surface area contributed by atoms with Crippen LogP contribution in [0.15, 0.2) is 34.1 Å². The third-order valence-electron chi connectivity index (χ3n) is 1.81. The molecule has 0 atom stereocenters. The number of aryl methyl sites for hydroxylation is 1. The van der Waals surface area contributed by atoms with E-state index in [4.69, 9.17) is 0 Å². The molecular formula is C9H12N2O2S.